The van der Waals surface area contributed by atoms with E-state index in [4.69, 9.17) is 36.0 Å². The SMILES string of the molecule is CN(C)CCNC(=O)c1ccc(-c2ccc3c(c2)C2(CC(c4ccccc4)O3)N=C(N)N(C)C2=O)cc1.CN(C)CCNC(=O)c1ccc(B(O)O)cc1.CN1C(=O)C2(CC(c3ccccc3)Oc3ccc(Br)cc32)N=C1N. The summed E-state index contributed by atoms with van der Waals surface area (Å²) in [6, 6.07) is 44.8. The monoisotopic (exact) mass is 1120 g/mol. The van der Waals surface area contributed by atoms with E-state index in [-0.39, 0.29) is 47.8 Å². The molecular weight excluding hydrogens is 1060 g/mol. The fraction of sp³-hybridized carbons (Fsp3) is 0.276. The number of aliphatic imine (C=N–C) groups is 2. The molecule has 2 spiro atoms. The van der Waals surface area contributed by atoms with Gasteiger partial charge < -0.3 is 51.4 Å². The maximum atomic E-state index is 13.6. The van der Waals surface area contributed by atoms with Crippen molar-refractivity contribution in [3.63, 3.8) is 0 Å². The van der Waals surface area contributed by atoms with Crippen molar-refractivity contribution in [2.24, 2.45) is 21.5 Å². The van der Waals surface area contributed by atoms with Gasteiger partial charge >= 0.3 is 7.12 Å². The molecule has 0 fully saturated rings. The largest absolute Gasteiger partial charge is 0.488 e. The van der Waals surface area contributed by atoms with Crippen molar-refractivity contribution in [3.8, 4) is 22.6 Å². The van der Waals surface area contributed by atoms with Crippen molar-refractivity contribution in [1.82, 2.24) is 30.2 Å². The van der Waals surface area contributed by atoms with E-state index in [1.54, 1.807) is 26.2 Å². The number of nitrogens with zero attached hydrogens (tertiary/aromatic N) is 6. The fourth-order valence-electron chi connectivity index (χ4n) is 9.54. The summed E-state index contributed by atoms with van der Waals surface area (Å²) in [4.78, 5) is 66.8. The number of ether oxygens (including phenoxy) is 2. The molecule has 0 saturated carbocycles. The lowest BCUT2D eigenvalue weighted by Crippen LogP contribution is -2.43. The van der Waals surface area contributed by atoms with Crippen LogP contribution >= 0.6 is 15.9 Å². The van der Waals surface area contributed by atoms with E-state index in [2.05, 4.69) is 31.6 Å². The van der Waals surface area contributed by atoms with Crippen LogP contribution in [0.4, 0.5) is 0 Å². The van der Waals surface area contributed by atoms with E-state index in [1.807, 2.05) is 159 Å². The van der Waals surface area contributed by atoms with Crippen molar-refractivity contribution in [2.45, 2.75) is 36.1 Å². The first kappa shape index (κ1) is 56.3. The number of likely N-dealkylation sites (N-methyl/N-ethyl adjacent to an activating group) is 4. The normalized spacial score (nSPS) is 19.8. The number of halogens is 1. The Morgan fingerprint density at radius 1 is 0.628 bits per heavy atom. The van der Waals surface area contributed by atoms with E-state index in [0.29, 0.717) is 59.6 Å². The van der Waals surface area contributed by atoms with Gasteiger partial charge in [0, 0.05) is 79.8 Å². The molecule has 4 unspecified atom stereocenters. The minimum atomic E-state index is -1.50. The molecule has 20 heteroatoms. The molecule has 6 aromatic carbocycles. The quantitative estimate of drug-likeness (QED) is 0.0910. The molecule has 404 valence electrons. The van der Waals surface area contributed by atoms with Gasteiger partial charge in [0.05, 0.1) is 0 Å². The molecule has 78 heavy (non-hydrogen) atoms. The molecule has 0 bridgehead atoms. The Kier molecular flexibility index (Phi) is 17.5. The van der Waals surface area contributed by atoms with Crippen LogP contribution in [0.15, 0.2) is 160 Å². The Balaban J connectivity index is 0.000000168. The summed E-state index contributed by atoms with van der Waals surface area (Å²) in [6.07, 6.45) is 0.178. The average Bonchev–Trinajstić information content (AvgIpc) is 4.02. The summed E-state index contributed by atoms with van der Waals surface area (Å²) < 4.78 is 13.4. The number of fused-ring (bicyclic) bond motifs is 4. The molecule has 8 N–H and O–H groups in total. The molecule has 0 radical (unpaired) electrons. The van der Waals surface area contributed by atoms with Crippen LogP contribution in [0.3, 0.4) is 0 Å². The summed E-state index contributed by atoms with van der Waals surface area (Å²) >= 11 is 3.47. The highest BCUT2D eigenvalue weighted by molar-refractivity contribution is 9.10. The first-order valence-electron chi connectivity index (χ1n) is 25.4. The van der Waals surface area contributed by atoms with Crippen molar-refractivity contribution < 1.29 is 38.7 Å². The predicted octanol–water partition coefficient (Wildman–Crippen LogP) is 4.76. The van der Waals surface area contributed by atoms with Gasteiger partial charge in [-0.05, 0) is 111 Å². The second-order valence-corrected chi connectivity index (χ2v) is 20.8. The van der Waals surface area contributed by atoms with Gasteiger partial charge in [-0.25, -0.2) is 9.98 Å². The maximum Gasteiger partial charge on any atom is 0.488 e. The van der Waals surface area contributed by atoms with Gasteiger partial charge in [0.25, 0.3) is 23.6 Å². The van der Waals surface area contributed by atoms with Crippen LogP contribution < -0.4 is 37.0 Å². The van der Waals surface area contributed by atoms with Crippen molar-refractivity contribution in [3.05, 3.63) is 183 Å². The number of hydrogen-bond donors (Lipinski definition) is 6. The number of hydrogen-bond acceptors (Lipinski definition) is 14. The number of rotatable bonds is 12. The summed E-state index contributed by atoms with van der Waals surface area (Å²) in [5, 5.41) is 23.5. The molecule has 0 saturated heterocycles. The highest BCUT2D eigenvalue weighted by atomic mass is 79.9. The molecule has 18 nitrogen and oxygen atoms in total. The first-order chi connectivity index (χ1) is 37.3. The zero-order valence-electron chi connectivity index (χ0n) is 44.4. The van der Waals surface area contributed by atoms with Crippen molar-refractivity contribution in [1.29, 1.82) is 0 Å². The molecule has 4 atom stereocenters. The van der Waals surface area contributed by atoms with Gasteiger partial charge in [0.15, 0.2) is 23.0 Å². The molecule has 0 aliphatic carbocycles. The summed E-state index contributed by atoms with van der Waals surface area (Å²) in [6.45, 7) is 2.71. The first-order valence-corrected chi connectivity index (χ1v) is 26.2. The molecule has 0 aromatic heterocycles. The predicted molar refractivity (Wildman–Crippen MR) is 305 cm³/mol. The van der Waals surface area contributed by atoms with Gasteiger partial charge in [-0.2, -0.15) is 0 Å². The van der Waals surface area contributed by atoms with Crippen LogP contribution in [0.5, 0.6) is 11.5 Å². The Morgan fingerprint density at radius 2 is 1.04 bits per heavy atom. The van der Waals surface area contributed by atoms with E-state index in [9.17, 15) is 19.2 Å². The second-order valence-electron chi connectivity index (χ2n) is 19.9. The van der Waals surface area contributed by atoms with Crippen molar-refractivity contribution >= 4 is 64.1 Å². The lowest BCUT2D eigenvalue weighted by molar-refractivity contribution is -0.133. The van der Waals surface area contributed by atoms with Gasteiger partial charge in [-0.15, -0.1) is 0 Å². The third-order valence-corrected chi connectivity index (χ3v) is 14.4. The Bertz CT molecular complexity index is 3200. The number of carbonyl (C=O) groups is 4. The van der Waals surface area contributed by atoms with Crippen LogP contribution in [-0.4, -0.2) is 141 Å². The summed E-state index contributed by atoms with van der Waals surface area (Å²) in [5.41, 5.74) is 16.6. The minimum Gasteiger partial charge on any atom is -0.485 e. The Labute approximate surface area is 463 Å². The minimum absolute atomic E-state index is 0.109. The number of carbonyl (C=O) groups excluding carboxylic acids is 4. The molecule has 6 aromatic rings. The van der Waals surface area contributed by atoms with E-state index in [0.717, 1.165) is 45.4 Å². The zero-order valence-corrected chi connectivity index (χ0v) is 46.0. The molecule has 4 aliphatic heterocycles. The summed E-state index contributed by atoms with van der Waals surface area (Å²) in [7, 11) is 9.60. The van der Waals surface area contributed by atoms with E-state index < -0.39 is 18.2 Å². The lowest BCUT2D eigenvalue weighted by Gasteiger charge is -2.37. The standard InChI is InChI=1S/C29H31N5O3.C18H16BrN3O2.C11H17BN2O3/c1-33(2)16-15-31-26(35)21-11-9-19(10-12-21)22-13-14-24-23(17-22)29(27(36)34(3)28(30)32-29)18-25(37-24)20-7-5-4-6-8-20;1-22-16(23)18(21-17(22)20)10-15(11-5-3-2-4-6-11)24-14-8-7-12(19)9-13(14)18;1-14(2)8-7-13-11(15)9-3-5-10(6-4-9)12(16)17/h4-14,17,25H,15-16,18H2,1-3H3,(H2,30,32)(H,31,35);2-9,15H,10H2,1H3,(H2,20,21);3-6,16-17H,7-8H2,1-2H3,(H,13,15). The molecule has 4 amide bonds. The summed E-state index contributed by atoms with van der Waals surface area (Å²) in [5.74, 6) is 1.15. The van der Waals surface area contributed by atoms with E-state index >= 15 is 0 Å². The third kappa shape index (κ3) is 12.3. The van der Waals surface area contributed by atoms with Gasteiger partial charge in [-0.3, -0.25) is 29.0 Å². The van der Waals surface area contributed by atoms with Crippen LogP contribution in [0, 0.1) is 0 Å². The number of amides is 4. The lowest BCUT2D eigenvalue weighted by atomic mass is 9.79. The van der Waals surface area contributed by atoms with Crippen LogP contribution in [0.25, 0.3) is 11.1 Å². The molecular formula is C58H64BBrN10O8. The third-order valence-electron chi connectivity index (χ3n) is 13.9. The van der Waals surface area contributed by atoms with Gasteiger partial charge in [0.1, 0.15) is 23.7 Å². The van der Waals surface area contributed by atoms with Crippen LogP contribution in [0.1, 0.15) is 68.0 Å². The molecule has 4 aliphatic rings. The second kappa shape index (κ2) is 24.2. The topological polar surface area (TPSA) is 241 Å². The smallest absolute Gasteiger partial charge is 0.485 e. The van der Waals surface area contributed by atoms with Crippen LogP contribution in [-0.2, 0) is 20.7 Å². The van der Waals surface area contributed by atoms with Crippen LogP contribution in [0.2, 0.25) is 0 Å². The number of guanidine groups is 2. The highest BCUT2D eigenvalue weighted by Gasteiger charge is 2.55. The molecule has 4 heterocycles. The number of benzene rings is 6. The Morgan fingerprint density at radius 3 is 1.45 bits per heavy atom. The zero-order chi connectivity index (χ0) is 55.9. The number of nitrogens with two attached hydrogens (primary N) is 2. The van der Waals surface area contributed by atoms with Gasteiger partial charge in [-0.1, -0.05) is 107 Å². The number of nitrogens with one attached hydrogen (secondary N) is 2. The van der Waals surface area contributed by atoms with E-state index in [1.165, 1.54) is 21.9 Å². The average molecular weight is 1120 g/mol. The molecule has 10 rings (SSSR count). The van der Waals surface area contributed by atoms with Crippen molar-refractivity contribution in [2.75, 3.05) is 68.5 Å². The van der Waals surface area contributed by atoms with Gasteiger partial charge in [0.2, 0.25) is 0 Å². The highest BCUT2D eigenvalue weighted by Crippen LogP contribution is 2.52. The fourth-order valence-corrected chi connectivity index (χ4v) is 9.91. The Hall–Kier alpha value is -7.88. The maximum absolute atomic E-state index is 13.6.